The summed E-state index contributed by atoms with van der Waals surface area (Å²) in [6.45, 7) is 9.76. The van der Waals surface area contributed by atoms with Gasteiger partial charge in [-0.3, -0.25) is 24.0 Å². The molecule has 0 aliphatic carbocycles. The Balaban J connectivity index is -0.0000000220. The second kappa shape index (κ2) is 63.7. The standard InChI is InChI=1S/2C3H7NO.C3H6O2.2C2H4O2.C2H6.2CH4.Y/c2*1-3(5)4-2;1-3(4)5-2;1-4-2-3;1-2(3)4;1-2;;;/h2*1-2H3,(H,4,5);1-2H3;2H,1H3;1H3,(H,3,4);1-2H3;2*1H4;. The van der Waals surface area contributed by atoms with Crippen LogP contribution in [0, 0.1) is 0 Å². The van der Waals surface area contributed by atoms with Crippen LogP contribution >= 0.6 is 0 Å². The number of nitrogens with one attached hydrogen (secondary N) is 2. The third-order valence-electron chi connectivity index (χ3n) is 1.09. The number of aliphatic carboxylic acids is 1. The molecular weight excluding hydrogens is 449 g/mol. The minimum Gasteiger partial charge on any atom is -0.481 e. The zero-order valence-electron chi connectivity index (χ0n) is 17.5. The molecule has 0 spiro atoms. The third kappa shape index (κ3) is 452. The number of amides is 2. The Kier molecular flexibility index (Phi) is 128. The van der Waals surface area contributed by atoms with E-state index in [1.165, 1.54) is 35.0 Å². The molecule has 0 rings (SSSR count). The van der Waals surface area contributed by atoms with Gasteiger partial charge in [-0.1, -0.05) is 28.7 Å². The summed E-state index contributed by atoms with van der Waals surface area (Å²) >= 11 is 0. The molecule has 171 valence electrons. The topological polar surface area (TPSA) is 148 Å². The number of carboxylic acid groups (broad SMARTS) is 1. The molecule has 0 saturated heterocycles. The molecule has 0 aromatic rings. The number of carbonyl (C=O) groups is 5. The van der Waals surface area contributed by atoms with Crippen molar-refractivity contribution >= 4 is 30.2 Å². The second-order valence-corrected chi connectivity index (χ2v) is 3.16. The van der Waals surface area contributed by atoms with Gasteiger partial charge in [-0.05, 0) is 0 Å². The van der Waals surface area contributed by atoms with Gasteiger partial charge in [0.1, 0.15) is 0 Å². The fraction of sp³-hybridized carbons (Fsp3) is 0.706. The van der Waals surface area contributed by atoms with Crippen LogP contribution in [-0.4, -0.2) is 63.6 Å². The Hall–Kier alpha value is -1.55. The van der Waals surface area contributed by atoms with Crippen LogP contribution in [-0.2, 0) is 66.2 Å². The van der Waals surface area contributed by atoms with E-state index in [1.54, 1.807) is 14.1 Å². The predicted molar refractivity (Wildman–Crippen MR) is 108 cm³/mol. The van der Waals surface area contributed by atoms with Gasteiger partial charge in [0, 0.05) is 74.5 Å². The van der Waals surface area contributed by atoms with Gasteiger partial charge in [0.2, 0.25) is 11.8 Å². The average Bonchev–Trinajstić information content (AvgIpc) is 2.57. The molecule has 0 aliphatic heterocycles. The zero-order chi connectivity index (χ0) is 21.8. The molecule has 11 heteroatoms. The van der Waals surface area contributed by atoms with E-state index < -0.39 is 5.97 Å². The summed E-state index contributed by atoms with van der Waals surface area (Å²) in [4.78, 5) is 46.9. The third-order valence-corrected chi connectivity index (χ3v) is 1.09. The van der Waals surface area contributed by atoms with Crippen LogP contribution in [0.5, 0.6) is 0 Å². The van der Waals surface area contributed by atoms with Gasteiger partial charge in [0.25, 0.3) is 12.4 Å². The molecule has 0 atom stereocenters. The van der Waals surface area contributed by atoms with Crippen molar-refractivity contribution in [3.05, 3.63) is 0 Å². The number of ether oxygens (including phenoxy) is 2. The van der Waals surface area contributed by atoms with Crippen LogP contribution < -0.4 is 10.6 Å². The van der Waals surface area contributed by atoms with Crippen LogP contribution in [0.2, 0.25) is 0 Å². The van der Waals surface area contributed by atoms with E-state index in [9.17, 15) is 14.4 Å². The number of hydrogen-bond donors (Lipinski definition) is 3. The van der Waals surface area contributed by atoms with Crippen molar-refractivity contribution in [1.29, 1.82) is 0 Å². The molecular formula is C17H42N2O8Y. The Morgan fingerprint density at radius 3 is 0.929 bits per heavy atom. The summed E-state index contributed by atoms with van der Waals surface area (Å²) in [5, 5.41) is 12.2. The van der Waals surface area contributed by atoms with E-state index in [1.807, 2.05) is 13.8 Å². The summed E-state index contributed by atoms with van der Waals surface area (Å²) in [5.74, 6) is -1.07. The molecule has 0 bridgehead atoms. The average molecular weight is 491 g/mol. The van der Waals surface area contributed by atoms with Gasteiger partial charge < -0.3 is 25.2 Å². The number of methoxy groups -OCH3 is 2. The molecule has 0 unspecified atom stereocenters. The van der Waals surface area contributed by atoms with Crippen molar-refractivity contribution in [1.82, 2.24) is 10.6 Å². The normalized spacial score (nSPS) is 5.50. The molecule has 0 fully saturated rings. The van der Waals surface area contributed by atoms with Gasteiger partial charge in [0.05, 0.1) is 14.2 Å². The van der Waals surface area contributed by atoms with Gasteiger partial charge in [-0.2, -0.15) is 0 Å². The molecule has 0 saturated carbocycles. The van der Waals surface area contributed by atoms with E-state index >= 15 is 0 Å². The number of esters is 1. The van der Waals surface area contributed by atoms with Gasteiger partial charge in [0.15, 0.2) is 0 Å². The predicted octanol–water partition coefficient (Wildman–Crippen LogP) is 1.86. The van der Waals surface area contributed by atoms with Crippen LogP contribution in [0.15, 0.2) is 0 Å². The van der Waals surface area contributed by atoms with Crippen molar-refractivity contribution in [2.75, 3.05) is 28.3 Å². The molecule has 0 aromatic heterocycles. The first kappa shape index (κ1) is 56.3. The SMILES string of the molecule is C.C.CC.CC(=O)O.CNC(C)=O.CNC(C)=O.COC(C)=O.COC=O.[Y]. The monoisotopic (exact) mass is 491 g/mol. The molecule has 0 aromatic carbocycles. The van der Waals surface area contributed by atoms with E-state index in [4.69, 9.17) is 14.7 Å². The van der Waals surface area contributed by atoms with E-state index in [-0.39, 0.29) is 65.3 Å². The largest absolute Gasteiger partial charge is 0.481 e. The Morgan fingerprint density at radius 1 is 0.821 bits per heavy atom. The molecule has 1 radical (unpaired) electrons. The van der Waals surface area contributed by atoms with Crippen molar-refractivity contribution in [2.24, 2.45) is 0 Å². The first-order chi connectivity index (χ1) is 11.5. The van der Waals surface area contributed by atoms with Crippen molar-refractivity contribution in [2.45, 2.75) is 56.4 Å². The molecule has 3 N–H and O–H groups in total. The van der Waals surface area contributed by atoms with Crippen LogP contribution in [0.1, 0.15) is 56.4 Å². The first-order valence-corrected chi connectivity index (χ1v) is 7.03. The summed E-state index contributed by atoms with van der Waals surface area (Å²) in [7, 11) is 5.86. The number of hydrogen-bond acceptors (Lipinski definition) is 7. The maximum atomic E-state index is 9.70. The maximum absolute atomic E-state index is 9.70. The summed E-state index contributed by atoms with van der Waals surface area (Å²) in [6, 6.07) is 0. The Morgan fingerprint density at radius 2 is 0.929 bits per heavy atom. The number of carbonyl (C=O) groups excluding carboxylic acids is 4. The van der Waals surface area contributed by atoms with E-state index in [0.29, 0.717) is 6.47 Å². The number of carboxylic acids is 1. The summed E-state index contributed by atoms with van der Waals surface area (Å²) < 4.78 is 7.97. The van der Waals surface area contributed by atoms with Gasteiger partial charge >= 0.3 is 5.97 Å². The van der Waals surface area contributed by atoms with Crippen molar-refractivity contribution in [3.8, 4) is 0 Å². The quantitative estimate of drug-likeness (QED) is 0.372. The smallest absolute Gasteiger partial charge is 0.302 e. The molecule has 0 aliphatic rings. The molecule has 10 nitrogen and oxygen atoms in total. The zero-order valence-corrected chi connectivity index (χ0v) is 20.3. The van der Waals surface area contributed by atoms with Gasteiger partial charge in [-0.25, -0.2) is 0 Å². The summed E-state index contributed by atoms with van der Waals surface area (Å²) in [5.41, 5.74) is 0. The molecule has 28 heavy (non-hydrogen) atoms. The fourth-order valence-corrected chi connectivity index (χ4v) is 0. The maximum Gasteiger partial charge on any atom is 0.302 e. The minimum atomic E-state index is -0.833. The molecule has 0 heterocycles. The van der Waals surface area contributed by atoms with Crippen LogP contribution in [0.4, 0.5) is 0 Å². The summed E-state index contributed by atoms with van der Waals surface area (Å²) in [6.07, 6.45) is 0. The Labute approximate surface area is 196 Å². The molecule has 2 amide bonds. The minimum absolute atomic E-state index is 0. The first-order valence-electron chi connectivity index (χ1n) is 7.03. The number of rotatable bonds is 1. The van der Waals surface area contributed by atoms with Crippen LogP contribution in [0.3, 0.4) is 0 Å². The van der Waals surface area contributed by atoms with Crippen molar-refractivity contribution in [3.63, 3.8) is 0 Å². The van der Waals surface area contributed by atoms with Gasteiger partial charge in [-0.15, -0.1) is 0 Å². The van der Waals surface area contributed by atoms with Crippen LogP contribution in [0.25, 0.3) is 0 Å². The Bertz CT molecular complexity index is 291. The fourth-order valence-electron chi connectivity index (χ4n) is 0. The van der Waals surface area contributed by atoms with E-state index in [0.717, 1.165) is 6.92 Å². The van der Waals surface area contributed by atoms with Crippen molar-refractivity contribution < 1.29 is 71.3 Å². The van der Waals surface area contributed by atoms with E-state index in [2.05, 4.69) is 20.1 Å². The second-order valence-electron chi connectivity index (χ2n) is 3.16.